The zero-order valence-corrected chi connectivity index (χ0v) is 16.5. The van der Waals surface area contributed by atoms with E-state index in [0.717, 1.165) is 5.56 Å². The topological polar surface area (TPSA) is 38.4 Å². The summed E-state index contributed by atoms with van der Waals surface area (Å²) in [5.41, 5.74) is 5.35. The minimum atomic E-state index is -4.48. The van der Waals surface area contributed by atoms with Gasteiger partial charge in [0.05, 0.1) is 21.6 Å². The Morgan fingerprint density at radius 1 is 1.07 bits per heavy atom. The average molecular weight is 436 g/mol. The second kappa shape index (κ2) is 7.28. The van der Waals surface area contributed by atoms with E-state index in [1.807, 2.05) is 0 Å². The fraction of sp³-hybridized carbons (Fsp3) is 0.316. The lowest BCUT2D eigenvalue weighted by molar-refractivity contribution is -0.183. The van der Waals surface area contributed by atoms with Crippen LogP contribution in [0.15, 0.2) is 41.4 Å². The minimum absolute atomic E-state index is 0.157. The van der Waals surface area contributed by atoms with Crippen LogP contribution in [0.25, 0.3) is 0 Å². The number of hydrogen-bond acceptors (Lipinski definition) is 2. The Kier molecular flexibility index (Phi) is 5.52. The third-order valence-corrected chi connectivity index (χ3v) is 6.05. The molecule has 0 amide bonds. The summed E-state index contributed by atoms with van der Waals surface area (Å²) in [5, 5.41) is 0.509. The molecule has 1 unspecified atom stereocenters. The minimum Gasteiger partial charge on any atom is -0.324 e. The predicted octanol–water partition coefficient (Wildman–Crippen LogP) is 6.36. The molecule has 0 fully saturated rings. The highest BCUT2D eigenvalue weighted by Crippen LogP contribution is 2.48. The maximum atomic E-state index is 14.1. The molecule has 144 valence electrons. The first-order valence-electron chi connectivity index (χ1n) is 8.16. The van der Waals surface area contributed by atoms with Crippen molar-refractivity contribution in [2.45, 2.75) is 31.0 Å². The van der Waals surface area contributed by atoms with Crippen molar-refractivity contribution in [2.24, 2.45) is 10.7 Å². The molecule has 0 saturated carbocycles. The molecule has 2 N–H and O–H groups in total. The highest BCUT2D eigenvalue weighted by Gasteiger charge is 2.58. The van der Waals surface area contributed by atoms with Gasteiger partial charge in [-0.05, 0) is 35.7 Å². The third kappa shape index (κ3) is 3.70. The fourth-order valence-electron chi connectivity index (χ4n) is 3.20. The molecule has 0 bridgehead atoms. The van der Waals surface area contributed by atoms with Gasteiger partial charge >= 0.3 is 6.18 Å². The Bertz CT molecular complexity index is 869. The second-order valence-electron chi connectivity index (χ2n) is 6.68. The number of alkyl halides is 3. The van der Waals surface area contributed by atoms with Crippen LogP contribution in [0.3, 0.4) is 0 Å². The van der Waals surface area contributed by atoms with Crippen LogP contribution in [0.4, 0.5) is 13.2 Å². The molecule has 0 spiro atoms. The lowest BCUT2D eigenvalue weighted by Crippen LogP contribution is -2.43. The smallest absolute Gasteiger partial charge is 0.324 e. The van der Waals surface area contributed by atoms with Crippen molar-refractivity contribution in [1.29, 1.82) is 0 Å². The highest BCUT2D eigenvalue weighted by molar-refractivity contribution is 6.48. The van der Waals surface area contributed by atoms with Gasteiger partial charge in [-0.15, -0.1) is 0 Å². The number of rotatable bonds is 3. The average Bonchev–Trinajstić information content (AvgIpc) is 3.06. The van der Waals surface area contributed by atoms with E-state index in [-0.39, 0.29) is 33.1 Å². The Hall–Kier alpha value is -1.27. The van der Waals surface area contributed by atoms with Gasteiger partial charge in [-0.1, -0.05) is 59.1 Å². The molecular formula is C19H16Cl3F3N2. The molecule has 1 aliphatic rings. The molecule has 2 aromatic carbocycles. The SMILES string of the molecule is C[C@H](N)c1ccc(C2(C(F)(F)F)CN=C(c3cc(Cl)c(Cl)c(Cl)c3)C2)cc1. The molecule has 0 saturated heterocycles. The Morgan fingerprint density at radius 2 is 1.63 bits per heavy atom. The summed E-state index contributed by atoms with van der Waals surface area (Å²) in [6.45, 7) is 1.38. The molecule has 2 aromatic rings. The molecule has 0 aromatic heterocycles. The van der Waals surface area contributed by atoms with E-state index >= 15 is 0 Å². The van der Waals surface area contributed by atoms with Crippen molar-refractivity contribution in [3.05, 3.63) is 68.2 Å². The first-order chi connectivity index (χ1) is 12.5. The maximum absolute atomic E-state index is 14.1. The van der Waals surface area contributed by atoms with Crippen LogP contribution in [-0.2, 0) is 5.41 Å². The van der Waals surface area contributed by atoms with Crippen LogP contribution in [-0.4, -0.2) is 18.4 Å². The Balaban J connectivity index is 2.00. The number of halogens is 6. The van der Waals surface area contributed by atoms with Crippen LogP contribution in [0.2, 0.25) is 15.1 Å². The number of benzene rings is 2. The van der Waals surface area contributed by atoms with E-state index in [1.165, 1.54) is 24.3 Å². The van der Waals surface area contributed by atoms with Gasteiger partial charge < -0.3 is 5.73 Å². The molecule has 1 aliphatic heterocycles. The summed E-state index contributed by atoms with van der Waals surface area (Å²) in [6.07, 6.45) is -4.78. The van der Waals surface area contributed by atoms with E-state index in [0.29, 0.717) is 11.3 Å². The normalized spacial score (nSPS) is 21.3. The zero-order chi connectivity index (χ0) is 20.0. The monoisotopic (exact) mass is 434 g/mol. The van der Waals surface area contributed by atoms with Gasteiger partial charge in [0.1, 0.15) is 5.41 Å². The quantitative estimate of drug-likeness (QED) is 0.560. The van der Waals surface area contributed by atoms with E-state index in [1.54, 1.807) is 19.1 Å². The van der Waals surface area contributed by atoms with Crippen molar-refractivity contribution < 1.29 is 13.2 Å². The van der Waals surface area contributed by atoms with Crippen LogP contribution < -0.4 is 5.73 Å². The van der Waals surface area contributed by atoms with Gasteiger partial charge in [-0.2, -0.15) is 13.2 Å². The Labute approximate surface area is 170 Å². The molecular weight excluding hydrogens is 420 g/mol. The van der Waals surface area contributed by atoms with Crippen molar-refractivity contribution in [2.75, 3.05) is 6.54 Å². The van der Waals surface area contributed by atoms with Crippen LogP contribution in [0.1, 0.15) is 36.1 Å². The van der Waals surface area contributed by atoms with Gasteiger partial charge in [0.25, 0.3) is 0 Å². The molecule has 3 rings (SSSR count). The number of nitrogens with zero attached hydrogens (tertiary/aromatic N) is 1. The molecule has 0 radical (unpaired) electrons. The predicted molar refractivity (Wildman–Crippen MR) is 104 cm³/mol. The summed E-state index contributed by atoms with van der Waals surface area (Å²) in [7, 11) is 0. The zero-order valence-electron chi connectivity index (χ0n) is 14.2. The second-order valence-corrected chi connectivity index (χ2v) is 7.88. The first-order valence-corrected chi connectivity index (χ1v) is 9.29. The van der Waals surface area contributed by atoms with Crippen LogP contribution >= 0.6 is 34.8 Å². The molecule has 2 nitrogen and oxygen atoms in total. The summed E-state index contributed by atoms with van der Waals surface area (Å²) in [5.74, 6) is 0. The van der Waals surface area contributed by atoms with Crippen molar-refractivity contribution in [3.8, 4) is 0 Å². The van der Waals surface area contributed by atoms with Crippen molar-refractivity contribution in [3.63, 3.8) is 0 Å². The molecule has 1 heterocycles. The molecule has 2 atom stereocenters. The Morgan fingerprint density at radius 3 is 2.11 bits per heavy atom. The molecule has 0 aliphatic carbocycles. The van der Waals surface area contributed by atoms with Crippen LogP contribution in [0.5, 0.6) is 0 Å². The van der Waals surface area contributed by atoms with E-state index < -0.39 is 18.1 Å². The fourth-order valence-corrected chi connectivity index (χ4v) is 3.79. The third-order valence-electron chi connectivity index (χ3n) is 4.86. The van der Waals surface area contributed by atoms with E-state index in [9.17, 15) is 13.2 Å². The largest absolute Gasteiger partial charge is 0.400 e. The van der Waals surface area contributed by atoms with Crippen LogP contribution in [0, 0.1) is 0 Å². The van der Waals surface area contributed by atoms with E-state index in [4.69, 9.17) is 40.5 Å². The van der Waals surface area contributed by atoms with Gasteiger partial charge in [0.2, 0.25) is 0 Å². The van der Waals surface area contributed by atoms with Gasteiger partial charge in [0.15, 0.2) is 0 Å². The summed E-state index contributed by atoms with van der Waals surface area (Å²) < 4.78 is 42.3. The highest BCUT2D eigenvalue weighted by atomic mass is 35.5. The molecule has 27 heavy (non-hydrogen) atoms. The lowest BCUT2D eigenvalue weighted by Gasteiger charge is -2.31. The lowest BCUT2D eigenvalue weighted by atomic mass is 9.76. The van der Waals surface area contributed by atoms with Gasteiger partial charge in [-0.25, -0.2) is 0 Å². The standard InChI is InChI=1S/C19H16Cl3F3N2/c1-10(26)11-2-4-13(5-3-11)18(19(23,24)25)8-16(27-9-18)12-6-14(20)17(22)15(21)7-12/h2-7,10H,8-9,26H2,1H3/t10-,18?/m0/s1. The molecule has 8 heteroatoms. The van der Waals surface area contributed by atoms with Crippen molar-refractivity contribution >= 4 is 40.5 Å². The summed E-state index contributed by atoms with van der Waals surface area (Å²) in [4.78, 5) is 4.18. The van der Waals surface area contributed by atoms with Gasteiger partial charge in [0, 0.05) is 18.2 Å². The summed E-state index contributed by atoms with van der Waals surface area (Å²) in [6, 6.07) is 8.93. The summed E-state index contributed by atoms with van der Waals surface area (Å²) >= 11 is 18.0. The first kappa shape index (κ1) is 20.5. The van der Waals surface area contributed by atoms with Crippen molar-refractivity contribution in [1.82, 2.24) is 0 Å². The maximum Gasteiger partial charge on any atom is 0.400 e. The van der Waals surface area contributed by atoms with Gasteiger partial charge in [-0.3, -0.25) is 4.99 Å². The number of aliphatic imine (C=N–C) groups is 1. The number of hydrogen-bond donors (Lipinski definition) is 1. The number of nitrogens with two attached hydrogens (primary N) is 1. The van der Waals surface area contributed by atoms with E-state index in [2.05, 4.69) is 4.99 Å².